The number of aryl methyl sites for hydroxylation is 1. The van der Waals surface area contributed by atoms with Crippen molar-refractivity contribution in [1.29, 1.82) is 0 Å². The minimum atomic E-state index is -0.889. The molecule has 25 heavy (non-hydrogen) atoms. The topological polar surface area (TPSA) is 88.8 Å². The third-order valence-corrected chi connectivity index (χ3v) is 4.10. The van der Waals surface area contributed by atoms with Gasteiger partial charge in [0.1, 0.15) is 11.9 Å². The molecule has 0 saturated carbocycles. The number of hydrogen-bond acceptors (Lipinski definition) is 2. The Morgan fingerprint density at radius 1 is 1.16 bits per heavy atom. The first-order chi connectivity index (χ1) is 11.9. The summed E-state index contributed by atoms with van der Waals surface area (Å²) in [6.07, 6.45) is 0.923. The van der Waals surface area contributed by atoms with Gasteiger partial charge >= 0.3 is 6.03 Å². The predicted molar refractivity (Wildman–Crippen MR) is 93.2 cm³/mol. The van der Waals surface area contributed by atoms with E-state index >= 15 is 0 Å². The van der Waals surface area contributed by atoms with E-state index in [0.717, 1.165) is 17.5 Å². The van der Waals surface area contributed by atoms with Crippen LogP contribution in [0.2, 0.25) is 0 Å². The van der Waals surface area contributed by atoms with E-state index in [9.17, 15) is 14.0 Å². The van der Waals surface area contributed by atoms with Crippen molar-refractivity contribution in [2.75, 3.05) is 0 Å². The summed E-state index contributed by atoms with van der Waals surface area (Å²) in [4.78, 5) is 22.9. The maximum atomic E-state index is 13.7. The summed E-state index contributed by atoms with van der Waals surface area (Å²) >= 11 is 0. The van der Waals surface area contributed by atoms with Crippen LogP contribution in [0.4, 0.5) is 9.18 Å². The van der Waals surface area contributed by atoms with Gasteiger partial charge in [0.25, 0.3) is 5.91 Å². The van der Waals surface area contributed by atoms with Crippen LogP contribution < -0.4 is 16.4 Å². The van der Waals surface area contributed by atoms with Crippen molar-refractivity contribution in [3.8, 4) is 0 Å². The lowest BCUT2D eigenvalue weighted by molar-refractivity contribution is -0.704. The number of urea groups is 1. The van der Waals surface area contributed by atoms with E-state index in [4.69, 9.17) is 5.73 Å². The number of amides is 3. The van der Waals surface area contributed by atoms with Crippen molar-refractivity contribution in [2.45, 2.75) is 32.4 Å². The lowest BCUT2D eigenvalue weighted by atomic mass is 9.96. The first kappa shape index (κ1) is 18.6. The Hall–Kier alpha value is -2.73. The molecule has 0 unspecified atom stereocenters. The van der Waals surface area contributed by atoms with Crippen LogP contribution in [0.25, 0.3) is 0 Å². The normalized spacial score (nSPS) is 13.1. The molecule has 2 aromatic rings. The van der Waals surface area contributed by atoms with Crippen LogP contribution in [0.3, 0.4) is 0 Å². The molecule has 0 heterocycles. The fourth-order valence-corrected chi connectivity index (χ4v) is 2.69. The minimum absolute atomic E-state index is 0.282. The molecule has 5 nitrogen and oxygen atoms in total. The highest BCUT2D eigenvalue weighted by atomic mass is 19.1. The van der Waals surface area contributed by atoms with Gasteiger partial charge in [-0.3, -0.25) is 10.1 Å². The van der Waals surface area contributed by atoms with E-state index in [1.165, 1.54) is 17.7 Å². The van der Waals surface area contributed by atoms with E-state index in [1.807, 2.05) is 30.3 Å². The minimum Gasteiger partial charge on any atom is -0.351 e. The van der Waals surface area contributed by atoms with Gasteiger partial charge in [-0.05, 0) is 31.0 Å². The number of carbonyl (C=O) groups is 2. The number of nitrogens with one attached hydrogen (secondary N) is 1. The third kappa shape index (κ3) is 5.12. The van der Waals surface area contributed by atoms with Crippen LogP contribution >= 0.6 is 0 Å². The molecule has 0 saturated heterocycles. The Kier molecular flexibility index (Phi) is 6.25. The zero-order valence-electron chi connectivity index (χ0n) is 14.3. The number of hydrogen-bond donors (Lipinski definition) is 3. The first-order valence-corrected chi connectivity index (χ1v) is 8.20. The van der Waals surface area contributed by atoms with Gasteiger partial charge in [-0.2, -0.15) is 0 Å². The average molecular weight is 344 g/mol. The van der Waals surface area contributed by atoms with Crippen molar-refractivity contribution in [3.63, 3.8) is 0 Å². The maximum absolute atomic E-state index is 13.7. The molecule has 0 spiro atoms. The average Bonchev–Trinajstić information content (AvgIpc) is 2.59. The highest BCUT2D eigenvalue weighted by Crippen LogP contribution is 2.20. The second-order valence-electron chi connectivity index (χ2n) is 5.96. The molecule has 6 heteroatoms. The summed E-state index contributed by atoms with van der Waals surface area (Å²) < 4.78 is 13.7. The van der Waals surface area contributed by atoms with Gasteiger partial charge in [0.15, 0.2) is 6.04 Å². The quantitative estimate of drug-likeness (QED) is 0.743. The first-order valence-electron chi connectivity index (χ1n) is 8.20. The molecular weight excluding hydrogens is 321 g/mol. The summed E-state index contributed by atoms with van der Waals surface area (Å²) in [5.74, 6) is -0.825. The Balaban J connectivity index is 2.31. The number of quaternary nitrogens is 1. The van der Waals surface area contributed by atoms with Crippen LogP contribution in [0.5, 0.6) is 0 Å². The summed E-state index contributed by atoms with van der Waals surface area (Å²) in [5.41, 5.74) is 7.88. The van der Waals surface area contributed by atoms with E-state index in [1.54, 1.807) is 18.3 Å². The molecule has 0 fully saturated rings. The van der Waals surface area contributed by atoms with Gasteiger partial charge in [0, 0.05) is 11.1 Å². The highest BCUT2D eigenvalue weighted by Gasteiger charge is 2.25. The van der Waals surface area contributed by atoms with E-state index in [-0.39, 0.29) is 11.9 Å². The molecule has 0 bridgehead atoms. The van der Waals surface area contributed by atoms with Crippen LogP contribution in [-0.4, -0.2) is 18.0 Å². The predicted octanol–water partition coefficient (Wildman–Crippen LogP) is 1.62. The monoisotopic (exact) mass is 344 g/mol. The van der Waals surface area contributed by atoms with Crippen LogP contribution in [0, 0.1) is 5.82 Å². The van der Waals surface area contributed by atoms with Crippen LogP contribution in [-0.2, 0) is 11.2 Å². The number of nitrogens with two attached hydrogens (primary N) is 2. The van der Waals surface area contributed by atoms with Gasteiger partial charge in [0.05, 0.1) is 0 Å². The van der Waals surface area contributed by atoms with Gasteiger partial charge in [0.2, 0.25) is 0 Å². The number of primary amides is 1. The molecule has 3 amide bonds. The SMILES string of the molecule is CCc1ccc([C@H]([NH2+][C@@H](C)C(=O)NC(N)=O)c2cccc(F)c2)cc1. The van der Waals surface area contributed by atoms with Crippen molar-refractivity contribution in [2.24, 2.45) is 5.73 Å². The van der Waals surface area contributed by atoms with Gasteiger partial charge in [-0.1, -0.05) is 43.3 Å². The smallest absolute Gasteiger partial charge is 0.319 e. The molecule has 2 rings (SSSR count). The lowest BCUT2D eigenvalue weighted by Gasteiger charge is -2.20. The number of rotatable bonds is 6. The Labute approximate surface area is 146 Å². The summed E-state index contributed by atoms with van der Waals surface area (Å²) in [6, 6.07) is 12.5. The molecule has 0 aliphatic carbocycles. The zero-order chi connectivity index (χ0) is 18.4. The molecule has 0 radical (unpaired) electrons. The Morgan fingerprint density at radius 3 is 2.40 bits per heavy atom. The van der Waals surface area contributed by atoms with E-state index in [2.05, 4.69) is 12.2 Å². The molecule has 0 aliphatic rings. The fourth-order valence-electron chi connectivity index (χ4n) is 2.69. The second kappa shape index (κ2) is 8.39. The largest absolute Gasteiger partial charge is 0.351 e. The standard InChI is InChI=1S/C19H22FN3O2/c1-3-13-7-9-14(10-8-13)17(15-5-4-6-16(20)11-15)22-12(2)18(24)23-19(21)25/h4-12,17,22H,3H2,1-2H3,(H3,21,23,24,25)/p+1/t12-,17-/m0/s1. The molecule has 132 valence electrons. The van der Waals surface area contributed by atoms with Gasteiger partial charge in [-0.15, -0.1) is 0 Å². The summed E-state index contributed by atoms with van der Waals surface area (Å²) in [6.45, 7) is 3.74. The lowest BCUT2D eigenvalue weighted by Crippen LogP contribution is -2.93. The van der Waals surface area contributed by atoms with E-state index < -0.39 is 18.0 Å². The van der Waals surface area contributed by atoms with Crippen molar-refractivity contribution in [3.05, 3.63) is 71.0 Å². The number of carbonyl (C=O) groups excluding carboxylic acids is 2. The van der Waals surface area contributed by atoms with E-state index in [0.29, 0.717) is 0 Å². The molecule has 2 atom stereocenters. The number of halogens is 1. The van der Waals surface area contributed by atoms with Crippen LogP contribution in [0.1, 0.15) is 36.6 Å². The fraction of sp³-hybridized carbons (Fsp3) is 0.263. The van der Waals surface area contributed by atoms with Gasteiger partial charge < -0.3 is 11.1 Å². The second-order valence-corrected chi connectivity index (χ2v) is 5.96. The van der Waals surface area contributed by atoms with Gasteiger partial charge in [-0.25, -0.2) is 9.18 Å². The third-order valence-electron chi connectivity index (χ3n) is 4.10. The molecule has 2 aromatic carbocycles. The Morgan fingerprint density at radius 2 is 1.84 bits per heavy atom. The summed E-state index contributed by atoms with van der Waals surface area (Å²) in [7, 11) is 0. The maximum Gasteiger partial charge on any atom is 0.319 e. The molecule has 0 aromatic heterocycles. The highest BCUT2D eigenvalue weighted by molar-refractivity contribution is 5.95. The van der Waals surface area contributed by atoms with Crippen LogP contribution in [0.15, 0.2) is 48.5 Å². The Bertz CT molecular complexity index is 747. The number of benzene rings is 2. The zero-order valence-corrected chi connectivity index (χ0v) is 14.3. The van der Waals surface area contributed by atoms with Crippen molar-refractivity contribution in [1.82, 2.24) is 5.32 Å². The molecule has 0 aliphatic heterocycles. The van der Waals surface area contributed by atoms with Crippen molar-refractivity contribution >= 4 is 11.9 Å². The molecular formula is C19H23FN3O2+. The van der Waals surface area contributed by atoms with Crippen molar-refractivity contribution < 1.29 is 19.3 Å². The summed E-state index contributed by atoms with van der Waals surface area (Å²) in [5, 5.41) is 3.86. The molecule has 5 N–H and O–H groups in total. The number of imide groups is 1.